The van der Waals surface area contributed by atoms with Gasteiger partial charge in [0, 0.05) is 10.4 Å². The third-order valence-electron chi connectivity index (χ3n) is 5.09. The van der Waals surface area contributed by atoms with E-state index in [0.29, 0.717) is 35.5 Å². The number of nitrogens with one attached hydrogen (secondary N) is 2. The van der Waals surface area contributed by atoms with Crippen molar-refractivity contribution >= 4 is 34.1 Å². The topological polar surface area (TPSA) is 96.6 Å². The first-order chi connectivity index (χ1) is 15.3. The highest BCUT2D eigenvalue weighted by Gasteiger charge is 2.33. The van der Waals surface area contributed by atoms with Crippen LogP contribution in [-0.4, -0.2) is 49.9 Å². The molecule has 0 aliphatic carbocycles. The normalized spacial score (nSPS) is 19.0. The lowest BCUT2D eigenvalue weighted by Gasteiger charge is -2.17. The van der Waals surface area contributed by atoms with Crippen LogP contribution >= 0.6 is 11.6 Å². The summed E-state index contributed by atoms with van der Waals surface area (Å²) < 4.78 is 44.3. The number of aliphatic hydroxyl groups excluding tert-OH is 1. The summed E-state index contributed by atoms with van der Waals surface area (Å²) in [6.45, 7) is 0.624. The van der Waals surface area contributed by atoms with Crippen LogP contribution in [-0.2, 0) is 0 Å². The molecule has 1 fully saturated rings. The minimum Gasteiger partial charge on any atom is -0.405 e. The van der Waals surface area contributed by atoms with Crippen LogP contribution in [0, 0.1) is 0 Å². The zero-order valence-corrected chi connectivity index (χ0v) is 17.0. The summed E-state index contributed by atoms with van der Waals surface area (Å²) in [6, 6.07) is 10.6. The van der Waals surface area contributed by atoms with Gasteiger partial charge >= 0.3 is 6.36 Å². The number of aromatic nitrogens is 4. The first-order valence-corrected chi connectivity index (χ1v) is 10.1. The molecule has 2 aromatic heterocycles. The van der Waals surface area contributed by atoms with Crippen LogP contribution in [0.2, 0.25) is 5.02 Å². The molecule has 3 N–H and O–H groups in total. The molecular formula is C20H16ClF3N6O2. The minimum atomic E-state index is -4.89. The largest absolute Gasteiger partial charge is 0.573 e. The molecule has 32 heavy (non-hydrogen) atoms. The molecule has 1 saturated heterocycles. The number of aliphatic hydroxyl groups is 1. The van der Waals surface area contributed by atoms with E-state index in [9.17, 15) is 18.3 Å². The van der Waals surface area contributed by atoms with Gasteiger partial charge < -0.3 is 15.2 Å². The Kier molecular flexibility index (Phi) is 5.03. The quantitative estimate of drug-likeness (QED) is 0.424. The zero-order chi connectivity index (χ0) is 22.5. The monoisotopic (exact) mass is 464 g/mol. The summed E-state index contributed by atoms with van der Waals surface area (Å²) in [5.41, 5.74) is 0.974. The fraction of sp³-hybridized carbons (Fsp3) is 0.250. The molecule has 0 saturated carbocycles. The molecule has 1 aliphatic heterocycles. The van der Waals surface area contributed by atoms with Gasteiger partial charge in [-0.25, -0.2) is 9.97 Å². The van der Waals surface area contributed by atoms with Crippen LogP contribution in [0.15, 0.2) is 42.5 Å². The third-order valence-corrected chi connectivity index (χ3v) is 5.33. The lowest BCUT2D eigenvalue weighted by Crippen LogP contribution is -2.35. The SMILES string of the molecule is OC1NCC[C@H]1Nc1nc2ccccc2c2nc(-c3cc(Cl)ccc3OC(F)(F)F)nn12. The molecule has 0 bridgehead atoms. The highest BCUT2D eigenvalue weighted by molar-refractivity contribution is 6.30. The van der Waals surface area contributed by atoms with Crippen molar-refractivity contribution < 1.29 is 23.0 Å². The Morgan fingerprint density at radius 2 is 2.00 bits per heavy atom. The number of para-hydroxylation sites is 1. The van der Waals surface area contributed by atoms with Gasteiger partial charge in [0.1, 0.15) is 12.0 Å². The zero-order valence-electron chi connectivity index (χ0n) is 16.3. The average molecular weight is 465 g/mol. The maximum Gasteiger partial charge on any atom is 0.573 e. The number of fused-ring (bicyclic) bond motifs is 3. The smallest absolute Gasteiger partial charge is 0.405 e. The van der Waals surface area contributed by atoms with Crippen LogP contribution in [0.1, 0.15) is 6.42 Å². The van der Waals surface area contributed by atoms with Crippen molar-refractivity contribution in [1.82, 2.24) is 24.9 Å². The van der Waals surface area contributed by atoms with Gasteiger partial charge in [0.05, 0.1) is 17.1 Å². The third kappa shape index (κ3) is 3.90. The summed E-state index contributed by atoms with van der Waals surface area (Å²) in [4.78, 5) is 9.07. The Morgan fingerprint density at radius 1 is 1.19 bits per heavy atom. The van der Waals surface area contributed by atoms with Crippen molar-refractivity contribution in [3.05, 3.63) is 47.5 Å². The lowest BCUT2D eigenvalue weighted by molar-refractivity contribution is -0.274. The van der Waals surface area contributed by atoms with E-state index >= 15 is 0 Å². The van der Waals surface area contributed by atoms with Gasteiger partial charge in [0.25, 0.3) is 0 Å². The molecular weight excluding hydrogens is 449 g/mol. The average Bonchev–Trinajstić information content (AvgIpc) is 3.35. The molecule has 1 aliphatic rings. The van der Waals surface area contributed by atoms with Crippen molar-refractivity contribution in [3.8, 4) is 17.1 Å². The lowest BCUT2D eigenvalue weighted by atomic mass is 10.2. The van der Waals surface area contributed by atoms with E-state index in [1.807, 2.05) is 6.07 Å². The molecule has 2 aromatic carbocycles. The maximum atomic E-state index is 12.9. The van der Waals surface area contributed by atoms with Gasteiger partial charge in [-0.15, -0.1) is 18.3 Å². The first-order valence-electron chi connectivity index (χ1n) is 9.68. The highest BCUT2D eigenvalue weighted by atomic mass is 35.5. The molecule has 12 heteroatoms. The number of nitrogens with zero attached hydrogens (tertiary/aromatic N) is 4. The van der Waals surface area contributed by atoms with Crippen LogP contribution in [0.3, 0.4) is 0 Å². The Balaban J connectivity index is 1.69. The van der Waals surface area contributed by atoms with Gasteiger partial charge in [-0.3, -0.25) is 5.32 Å². The number of ether oxygens (including phenoxy) is 1. The first kappa shape index (κ1) is 20.7. The molecule has 8 nitrogen and oxygen atoms in total. The fourth-order valence-electron chi connectivity index (χ4n) is 3.66. The van der Waals surface area contributed by atoms with Crippen molar-refractivity contribution in [2.45, 2.75) is 25.1 Å². The number of anilines is 1. The Morgan fingerprint density at radius 3 is 2.75 bits per heavy atom. The van der Waals surface area contributed by atoms with E-state index in [4.69, 9.17) is 11.6 Å². The maximum absolute atomic E-state index is 12.9. The predicted octanol–water partition coefficient (Wildman–Crippen LogP) is 3.59. The van der Waals surface area contributed by atoms with E-state index in [-0.39, 0.29) is 22.5 Å². The second-order valence-corrected chi connectivity index (χ2v) is 7.69. The number of hydrogen-bond acceptors (Lipinski definition) is 7. The van der Waals surface area contributed by atoms with E-state index < -0.39 is 18.3 Å². The standard InChI is InChI=1S/C20H16ClF3N6O2/c21-10-5-6-15(32-20(22,23)24)12(9-10)16-28-17-11-3-1-2-4-13(11)26-19(30(17)29-16)27-14-7-8-25-18(14)31/h1-6,9,14,18,25,31H,7-8H2,(H,26,27)/t14-,18?/m1/s1. The molecule has 5 rings (SSSR count). The van der Waals surface area contributed by atoms with Gasteiger partial charge in [0.15, 0.2) is 11.5 Å². The Labute approximate surface area is 184 Å². The number of alkyl halides is 3. The van der Waals surface area contributed by atoms with Gasteiger partial charge in [-0.2, -0.15) is 4.52 Å². The van der Waals surface area contributed by atoms with Crippen LogP contribution < -0.4 is 15.4 Å². The van der Waals surface area contributed by atoms with Crippen molar-refractivity contribution in [2.75, 3.05) is 11.9 Å². The Hall–Kier alpha value is -3.15. The van der Waals surface area contributed by atoms with E-state index in [2.05, 4.69) is 30.4 Å². The summed E-state index contributed by atoms with van der Waals surface area (Å²) in [5.74, 6) is -0.191. The molecule has 166 valence electrons. The summed E-state index contributed by atoms with van der Waals surface area (Å²) in [7, 11) is 0. The number of halogens is 4. The summed E-state index contributed by atoms with van der Waals surface area (Å²) in [6.07, 6.45) is -5.02. The van der Waals surface area contributed by atoms with Gasteiger partial charge in [-0.1, -0.05) is 23.7 Å². The summed E-state index contributed by atoms with van der Waals surface area (Å²) >= 11 is 6.03. The molecule has 3 heterocycles. The fourth-order valence-corrected chi connectivity index (χ4v) is 3.83. The molecule has 2 atom stereocenters. The molecule has 4 aromatic rings. The molecule has 0 spiro atoms. The molecule has 0 radical (unpaired) electrons. The predicted molar refractivity (Wildman–Crippen MR) is 111 cm³/mol. The van der Waals surface area contributed by atoms with Crippen molar-refractivity contribution in [3.63, 3.8) is 0 Å². The van der Waals surface area contributed by atoms with Crippen molar-refractivity contribution in [2.24, 2.45) is 0 Å². The van der Waals surface area contributed by atoms with Crippen LogP contribution in [0.25, 0.3) is 27.9 Å². The number of benzene rings is 2. The van der Waals surface area contributed by atoms with Gasteiger partial charge in [-0.05, 0) is 43.3 Å². The Bertz CT molecular complexity index is 1310. The summed E-state index contributed by atoms with van der Waals surface area (Å²) in [5, 5.41) is 21.5. The van der Waals surface area contributed by atoms with E-state index in [1.54, 1.807) is 18.2 Å². The molecule has 0 amide bonds. The second kappa shape index (κ2) is 7.76. The second-order valence-electron chi connectivity index (χ2n) is 7.25. The van der Waals surface area contributed by atoms with E-state index in [0.717, 1.165) is 6.07 Å². The number of hydrogen-bond donors (Lipinski definition) is 3. The molecule has 1 unspecified atom stereocenters. The van der Waals surface area contributed by atoms with Crippen LogP contribution in [0.5, 0.6) is 5.75 Å². The van der Waals surface area contributed by atoms with Gasteiger partial charge in [0.2, 0.25) is 5.95 Å². The minimum absolute atomic E-state index is 0.0157. The number of rotatable bonds is 4. The van der Waals surface area contributed by atoms with E-state index in [1.165, 1.54) is 16.6 Å². The van der Waals surface area contributed by atoms with Crippen LogP contribution in [0.4, 0.5) is 19.1 Å². The highest BCUT2D eigenvalue weighted by Crippen LogP contribution is 2.35. The van der Waals surface area contributed by atoms with Crippen molar-refractivity contribution in [1.29, 1.82) is 0 Å².